The lowest BCUT2D eigenvalue weighted by atomic mass is 10.0. The van der Waals surface area contributed by atoms with Gasteiger partial charge in [0.2, 0.25) is 0 Å². The number of pyridine rings is 1. The highest BCUT2D eigenvalue weighted by molar-refractivity contribution is 6.35. The molecule has 2 atom stereocenters. The molecule has 9 nitrogen and oxygen atoms in total. The van der Waals surface area contributed by atoms with E-state index in [9.17, 15) is 15.6 Å². The SMILES string of the molecule is N#Cc1cccc([C@H](Nc2cc(Cl)c3ncc(C#N)c(N[C@H](CCO)c4ccccc4)c3c2)C2=CN(C3CC3)NN2)c1. The molecule has 210 valence electrons. The van der Waals surface area contributed by atoms with Gasteiger partial charge in [0, 0.05) is 36.1 Å². The van der Waals surface area contributed by atoms with E-state index in [1.165, 1.54) is 6.20 Å². The van der Waals surface area contributed by atoms with Gasteiger partial charge in [-0.1, -0.05) is 54.1 Å². The summed E-state index contributed by atoms with van der Waals surface area (Å²) in [5.74, 6) is 0. The number of hydrogen-bond donors (Lipinski definition) is 5. The minimum atomic E-state index is -0.335. The normalized spacial score (nSPS) is 15.7. The van der Waals surface area contributed by atoms with E-state index in [2.05, 4.69) is 49.9 Å². The van der Waals surface area contributed by atoms with Crippen LogP contribution < -0.4 is 21.6 Å². The van der Waals surface area contributed by atoms with Crippen molar-refractivity contribution in [3.05, 3.63) is 112 Å². The van der Waals surface area contributed by atoms with Crippen molar-refractivity contribution in [2.45, 2.75) is 37.4 Å². The average molecular weight is 577 g/mol. The van der Waals surface area contributed by atoms with Crippen LogP contribution in [0.2, 0.25) is 5.02 Å². The summed E-state index contributed by atoms with van der Waals surface area (Å²) in [5, 5.41) is 39.7. The highest BCUT2D eigenvalue weighted by Gasteiger charge is 2.32. The Morgan fingerprint density at radius 3 is 2.57 bits per heavy atom. The molecule has 0 unspecified atom stereocenters. The molecule has 0 saturated heterocycles. The van der Waals surface area contributed by atoms with Crippen molar-refractivity contribution in [1.29, 1.82) is 10.5 Å². The molecule has 0 amide bonds. The summed E-state index contributed by atoms with van der Waals surface area (Å²) in [6.45, 7) is -0.0253. The fourth-order valence-corrected chi connectivity index (χ4v) is 5.50. The zero-order valence-corrected chi connectivity index (χ0v) is 23.4. The molecule has 0 bridgehead atoms. The molecular formula is C32H29ClN8O. The molecule has 6 rings (SSSR count). The van der Waals surface area contributed by atoms with Crippen LogP contribution in [-0.4, -0.2) is 27.7 Å². The summed E-state index contributed by atoms with van der Waals surface area (Å²) in [7, 11) is 0. The first-order chi connectivity index (χ1) is 20.6. The topological polar surface area (TPSA) is 132 Å². The third kappa shape index (κ3) is 5.67. The van der Waals surface area contributed by atoms with E-state index in [1.807, 2.05) is 60.7 Å². The van der Waals surface area contributed by atoms with Gasteiger partial charge in [0.05, 0.1) is 51.2 Å². The Bertz CT molecular complexity index is 1720. The van der Waals surface area contributed by atoms with E-state index in [0.29, 0.717) is 50.9 Å². The molecule has 5 N–H and O–H groups in total. The lowest BCUT2D eigenvalue weighted by Crippen LogP contribution is -2.38. The zero-order chi connectivity index (χ0) is 29.1. The van der Waals surface area contributed by atoms with E-state index in [1.54, 1.807) is 6.07 Å². The molecule has 1 fully saturated rings. The Hall–Kier alpha value is -4.80. The van der Waals surface area contributed by atoms with E-state index >= 15 is 0 Å². The lowest BCUT2D eigenvalue weighted by Gasteiger charge is -2.24. The predicted octanol–water partition coefficient (Wildman–Crippen LogP) is 5.65. The Kier molecular flexibility index (Phi) is 7.81. The van der Waals surface area contributed by atoms with Crippen LogP contribution >= 0.6 is 11.6 Å². The molecule has 10 heteroatoms. The fraction of sp³-hybridized carbons (Fsp3) is 0.219. The molecule has 0 radical (unpaired) electrons. The number of nitriles is 2. The summed E-state index contributed by atoms with van der Waals surface area (Å²) in [4.78, 5) is 4.50. The first-order valence-corrected chi connectivity index (χ1v) is 14.2. The third-order valence-electron chi connectivity index (χ3n) is 7.50. The number of halogens is 1. The van der Waals surface area contributed by atoms with Gasteiger partial charge in [-0.05, 0) is 54.7 Å². The second-order valence-corrected chi connectivity index (χ2v) is 10.8. The summed E-state index contributed by atoms with van der Waals surface area (Å²) in [5.41, 5.74) is 12.1. The van der Waals surface area contributed by atoms with Crippen molar-refractivity contribution >= 4 is 33.9 Å². The molecular weight excluding hydrogens is 548 g/mol. The van der Waals surface area contributed by atoms with Crippen LogP contribution in [0.3, 0.4) is 0 Å². The number of hydrazine groups is 2. The maximum Gasteiger partial charge on any atom is 0.103 e. The van der Waals surface area contributed by atoms with Gasteiger partial charge in [-0.3, -0.25) is 9.99 Å². The van der Waals surface area contributed by atoms with Crippen LogP contribution in [0.1, 0.15) is 53.6 Å². The first-order valence-electron chi connectivity index (χ1n) is 13.8. The standard InChI is InChI=1S/C32H29ClN8O/c33-27-15-24(37-31(22-8-4-5-20(13-22)16-34)29-19-41(40-39-29)25-9-10-25)14-26-30(23(17-35)18-36-32(26)27)38-28(11-12-42)21-6-2-1-3-7-21/h1-8,13-15,18-19,25,28,31,37,39-40,42H,9-12H2,(H,36,38)/t28-,31+/m1/s1. The van der Waals surface area contributed by atoms with Crippen molar-refractivity contribution in [2.24, 2.45) is 0 Å². The lowest BCUT2D eigenvalue weighted by molar-refractivity contribution is 0.260. The molecule has 1 saturated carbocycles. The van der Waals surface area contributed by atoms with Crippen LogP contribution in [0.25, 0.3) is 10.9 Å². The summed E-state index contributed by atoms with van der Waals surface area (Å²) in [6.07, 6.45) is 6.28. The molecule has 4 aromatic rings. The van der Waals surface area contributed by atoms with Crippen molar-refractivity contribution in [3.63, 3.8) is 0 Å². The summed E-state index contributed by atoms with van der Waals surface area (Å²) >= 11 is 6.81. The van der Waals surface area contributed by atoms with Crippen molar-refractivity contribution in [1.82, 2.24) is 21.0 Å². The van der Waals surface area contributed by atoms with Crippen molar-refractivity contribution in [3.8, 4) is 12.1 Å². The number of fused-ring (bicyclic) bond motifs is 1. The molecule has 2 heterocycles. The minimum Gasteiger partial charge on any atom is -0.396 e. The molecule has 1 aliphatic heterocycles. The Morgan fingerprint density at radius 2 is 1.83 bits per heavy atom. The highest BCUT2D eigenvalue weighted by atomic mass is 35.5. The number of aliphatic hydroxyl groups is 1. The molecule has 0 spiro atoms. The van der Waals surface area contributed by atoms with Gasteiger partial charge >= 0.3 is 0 Å². The molecule has 42 heavy (non-hydrogen) atoms. The molecule has 1 aliphatic carbocycles. The monoisotopic (exact) mass is 576 g/mol. The average Bonchev–Trinajstić information content (AvgIpc) is 3.76. The van der Waals surface area contributed by atoms with Gasteiger partial charge in [-0.25, -0.2) is 0 Å². The maximum absolute atomic E-state index is 10.0. The molecule has 1 aromatic heterocycles. The van der Waals surface area contributed by atoms with Crippen LogP contribution in [0, 0.1) is 22.7 Å². The number of hydrogen-bond acceptors (Lipinski definition) is 9. The van der Waals surface area contributed by atoms with E-state index in [4.69, 9.17) is 11.6 Å². The maximum atomic E-state index is 10.0. The van der Waals surface area contributed by atoms with Crippen LogP contribution in [0.15, 0.2) is 84.8 Å². The van der Waals surface area contributed by atoms with Crippen molar-refractivity contribution in [2.75, 3.05) is 17.2 Å². The zero-order valence-electron chi connectivity index (χ0n) is 22.7. The smallest absolute Gasteiger partial charge is 0.103 e. The quantitative estimate of drug-likeness (QED) is 0.162. The van der Waals surface area contributed by atoms with Gasteiger partial charge < -0.3 is 21.2 Å². The van der Waals surface area contributed by atoms with Crippen LogP contribution in [0.5, 0.6) is 0 Å². The largest absolute Gasteiger partial charge is 0.396 e. The summed E-state index contributed by atoms with van der Waals surface area (Å²) in [6, 6.07) is 25.4. The number of aliphatic hydroxyl groups excluding tert-OH is 1. The van der Waals surface area contributed by atoms with E-state index < -0.39 is 0 Å². The Labute approximate surface area is 249 Å². The number of nitrogens with one attached hydrogen (secondary N) is 4. The second-order valence-electron chi connectivity index (χ2n) is 10.4. The van der Waals surface area contributed by atoms with Gasteiger partial charge in [0.15, 0.2) is 0 Å². The van der Waals surface area contributed by atoms with Gasteiger partial charge in [0.1, 0.15) is 6.07 Å². The molecule has 2 aliphatic rings. The Balaban J connectivity index is 1.42. The Morgan fingerprint density at radius 1 is 1.02 bits per heavy atom. The van der Waals surface area contributed by atoms with E-state index in [-0.39, 0.29) is 18.7 Å². The number of benzene rings is 3. The van der Waals surface area contributed by atoms with Crippen molar-refractivity contribution < 1.29 is 5.11 Å². The molecule has 3 aromatic carbocycles. The highest BCUT2D eigenvalue weighted by Crippen LogP contribution is 2.38. The predicted molar refractivity (Wildman–Crippen MR) is 163 cm³/mol. The summed E-state index contributed by atoms with van der Waals surface area (Å²) < 4.78 is 0. The fourth-order valence-electron chi connectivity index (χ4n) is 5.23. The number of aromatic nitrogens is 1. The van der Waals surface area contributed by atoms with Gasteiger partial charge in [0.25, 0.3) is 0 Å². The second kappa shape index (κ2) is 12.0. The van der Waals surface area contributed by atoms with Gasteiger partial charge in [-0.15, -0.1) is 5.53 Å². The van der Waals surface area contributed by atoms with Crippen LogP contribution in [-0.2, 0) is 0 Å². The van der Waals surface area contributed by atoms with Crippen LogP contribution in [0.4, 0.5) is 11.4 Å². The number of rotatable bonds is 10. The minimum absolute atomic E-state index is 0.0253. The number of anilines is 2. The van der Waals surface area contributed by atoms with Gasteiger partial charge in [-0.2, -0.15) is 10.5 Å². The number of nitrogens with zero attached hydrogens (tertiary/aromatic N) is 4. The first kappa shape index (κ1) is 27.4. The van der Waals surface area contributed by atoms with E-state index in [0.717, 1.165) is 29.7 Å². The third-order valence-corrected chi connectivity index (χ3v) is 7.79.